The van der Waals surface area contributed by atoms with Crippen LogP contribution in [-0.2, 0) is 0 Å². The minimum atomic E-state index is 0.552. The Morgan fingerprint density at radius 2 is 2.08 bits per heavy atom. The number of hydrogen-bond acceptors (Lipinski definition) is 8. The first-order chi connectivity index (χ1) is 12.7. The second kappa shape index (κ2) is 5.43. The van der Waals surface area contributed by atoms with Crippen LogP contribution >= 0.6 is 11.3 Å². The van der Waals surface area contributed by atoms with Crippen molar-refractivity contribution in [2.45, 2.75) is 0 Å². The molecule has 4 heterocycles. The number of nitrogen functional groups attached to an aromatic ring is 2. The Morgan fingerprint density at radius 3 is 2.92 bits per heavy atom. The number of nitrogens with one attached hydrogen (secondary N) is 1. The van der Waals surface area contributed by atoms with Crippen LogP contribution in [0.15, 0.2) is 49.2 Å². The third-order valence-electron chi connectivity index (χ3n) is 3.99. The Labute approximate surface area is 150 Å². The van der Waals surface area contributed by atoms with Crippen LogP contribution in [0.1, 0.15) is 0 Å². The van der Waals surface area contributed by atoms with Gasteiger partial charge in [0.15, 0.2) is 16.6 Å². The van der Waals surface area contributed by atoms with Crippen LogP contribution in [-0.4, -0.2) is 29.2 Å². The molecule has 9 nitrogen and oxygen atoms in total. The number of benzene rings is 1. The summed E-state index contributed by atoms with van der Waals surface area (Å²) in [5.74, 6) is 6.29. The zero-order valence-corrected chi connectivity index (χ0v) is 14.2. The molecular formula is C16H13N9S. The van der Waals surface area contributed by atoms with Crippen LogP contribution < -0.4 is 16.9 Å². The van der Waals surface area contributed by atoms with Gasteiger partial charge in [-0.05, 0) is 18.2 Å². The van der Waals surface area contributed by atoms with Gasteiger partial charge in [-0.15, -0.1) is 0 Å². The molecule has 0 radical (unpaired) electrons. The van der Waals surface area contributed by atoms with Gasteiger partial charge in [0.25, 0.3) is 0 Å². The van der Waals surface area contributed by atoms with Crippen molar-refractivity contribution in [3.63, 3.8) is 0 Å². The molecular weight excluding hydrogens is 350 g/mol. The maximum atomic E-state index is 5.77. The van der Waals surface area contributed by atoms with E-state index in [1.807, 2.05) is 28.8 Å². The van der Waals surface area contributed by atoms with Crippen molar-refractivity contribution < 1.29 is 0 Å². The third-order valence-corrected chi connectivity index (χ3v) is 4.84. The van der Waals surface area contributed by atoms with Crippen LogP contribution in [0.3, 0.4) is 0 Å². The normalized spacial score (nSPS) is 11.4. The van der Waals surface area contributed by atoms with Gasteiger partial charge in [-0.25, -0.2) is 15.0 Å². The van der Waals surface area contributed by atoms with E-state index in [1.54, 1.807) is 24.8 Å². The van der Waals surface area contributed by atoms with Gasteiger partial charge >= 0.3 is 0 Å². The Kier molecular flexibility index (Phi) is 3.06. The molecule has 5 aromatic rings. The quantitative estimate of drug-likeness (QED) is 0.420. The van der Waals surface area contributed by atoms with Crippen molar-refractivity contribution in [3.8, 4) is 11.3 Å². The Balaban J connectivity index is 1.57. The van der Waals surface area contributed by atoms with Crippen molar-refractivity contribution >= 4 is 43.8 Å². The first kappa shape index (κ1) is 14.7. The summed E-state index contributed by atoms with van der Waals surface area (Å²) in [6.45, 7) is 0. The molecule has 5 N–H and O–H groups in total. The number of aromatic nitrogens is 6. The molecule has 0 saturated heterocycles. The fourth-order valence-electron chi connectivity index (χ4n) is 2.85. The van der Waals surface area contributed by atoms with Crippen LogP contribution in [0.4, 0.5) is 16.6 Å². The lowest BCUT2D eigenvalue weighted by Gasteiger charge is -2.07. The molecule has 0 atom stereocenters. The molecule has 0 saturated carbocycles. The standard InChI is InChI=1S/C16H13N9S/c17-16-23-11-2-1-10(5-13(11)26-16)22-14-15-20-7-12(24(15)4-3-19-14)9-6-21-25(18)8-9/h1-8H,18H2,(H2,17,23)(H,19,22). The van der Waals surface area contributed by atoms with Crippen LogP contribution in [0.5, 0.6) is 0 Å². The fourth-order valence-corrected chi connectivity index (χ4v) is 3.62. The smallest absolute Gasteiger partial charge is 0.181 e. The van der Waals surface area contributed by atoms with E-state index in [0.717, 1.165) is 27.2 Å². The van der Waals surface area contributed by atoms with Gasteiger partial charge < -0.3 is 16.9 Å². The molecule has 0 fully saturated rings. The molecule has 0 spiro atoms. The maximum absolute atomic E-state index is 5.77. The molecule has 128 valence electrons. The van der Waals surface area contributed by atoms with Crippen molar-refractivity contribution in [3.05, 3.63) is 49.2 Å². The van der Waals surface area contributed by atoms with Gasteiger partial charge in [0, 0.05) is 23.6 Å². The Morgan fingerprint density at radius 1 is 1.15 bits per heavy atom. The highest BCUT2D eigenvalue weighted by Gasteiger charge is 2.12. The monoisotopic (exact) mass is 363 g/mol. The first-order valence-electron chi connectivity index (χ1n) is 7.73. The number of hydrogen-bond donors (Lipinski definition) is 3. The number of nitrogens with two attached hydrogens (primary N) is 2. The van der Waals surface area contributed by atoms with E-state index >= 15 is 0 Å². The summed E-state index contributed by atoms with van der Waals surface area (Å²) in [6.07, 6.45) is 8.77. The molecule has 4 aromatic heterocycles. The molecule has 10 heteroatoms. The van der Waals surface area contributed by atoms with E-state index < -0.39 is 0 Å². The number of anilines is 3. The predicted molar refractivity (Wildman–Crippen MR) is 102 cm³/mol. The van der Waals surface area contributed by atoms with Crippen LogP contribution in [0.25, 0.3) is 27.1 Å². The Bertz CT molecular complexity index is 1250. The van der Waals surface area contributed by atoms with E-state index in [9.17, 15) is 0 Å². The molecule has 26 heavy (non-hydrogen) atoms. The molecule has 5 rings (SSSR count). The van der Waals surface area contributed by atoms with Gasteiger partial charge in [-0.2, -0.15) is 9.89 Å². The predicted octanol–water partition coefficient (Wildman–Crippen LogP) is 2.24. The van der Waals surface area contributed by atoms with E-state index in [2.05, 4.69) is 25.4 Å². The average Bonchev–Trinajstić information content (AvgIpc) is 3.32. The number of fused-ring (bicyclic) bond motifs is 2. The second-order valence-corrected chi connectivity index (χ2v) is 6.74. The molecule has 0 unspecified atom stereocenters. The minimum Gasteiger partial charge on any atom is -0.375 e. The van der Waals surface area contributed by atoms with Gasteiger partial charge in [-0.1, -0.05) is 11.3 Å². The van der Waals surface area contributed by atoms with Crippen molar-refractivity contribution in [2.75, 3.05) is 16.9 Å². The summed E-state index contributed by atoms with van der Waals surface area (Å²) in [6, 6.07) is 5.86. The molecule has 0 bridgehead atoms. The zero-order chi connectivity index (χ0) is 17.7. The summed E-state index contributed by atoms with van der Waals surface area (Å²) in [5.41, 5.74) is 10.0. The van der Waals surface area contributed by atoms with Crippen molar-refractivity contribution in [2.24, 2.45) is 0 Å². The lowest BCUT2D eigenvalue weighted by Crippen LogP contribution is -2.07. The summed E-state index contributed by atoms with van der Waals surface area (Å²) >= 11 is 1.45. The van der Waals surface area contributed by atoms with Gasteiger partial charge in [0.1, 0.15) is 0 Å². The number of imidazole rings is 1. The summed E-state index contributed by atoms with van der Waals surface area (Å²) in [7, 11) is 0. The van der Waals surface area contributed by atoms with E-state index in [1.165, 1.54) is 16.1 Å². The summed E-state index contributed by atoms with van der Waals surface area (Å²) < 4.78 is 2.95. The SMILES string of the molecule is Nc1nc2ccc(Nc3nccn4c(-c5cnn(N)c5)cnc34)cc2s1. The Hall–Kier alpha value is -3.66. The highest BCUT2D eigenvalue weighted by atomic mass is 32.1. The van der Waals surface area contributed by atoms with Crippen LogP contribution in [0, 0.1) is 0 Å². The fraction of sp³-hybridized carbons (Fsp3) is 0. The average molecular weight is 363 g/mol. The van der Waals surface area contributed by atoms with Gasteiger partial charge in [0.2, 0.25) is 0 Å². The zero-order valence-electron chi connectivity index (χ0n) is 13.4. The largest absolute Gasteiger partial charge is 0.375 e. The summed E-state index contributed by atoms with van der Waals surface area (Å²) in [4.78, 5) is 14.5. The first-order valence-corrected chi connectivity index (χ1v) is 8.54. The lowest BCUT2D eigenvalue weighted by molar-refractivity contribution is 0.832. The van der Waals surface area contributed by atoms with Crippen LogP contribution in [0.2, 0.25) is 0 Å². The summed E-state index contributed by atoms with van der Waals surface area (Å²) in [5, 5.41) is 7.88. The van der Waals surface area contributed by atoms with Gasteiger partial charge in [-0.3, -0.25) is 4.40 Å². The van der Waals surface area contributed by atoms with E-state index in [-0.39, 0.29) is 0 Å². The lowest BCUT2D eigenvalue weighted by atomic mass is 10.3. The molecule has 0 aliphatic heterocycles. The number of thiazole rings is 1. The molecule has 0 amide bonds. The minimum absolute atomic E-state index is 0.552. The third kappa shape index (κ3) is 2.31. The molecule has 0 aliphatic carbocycles. The van der Waals surface area contributed by atoms with E-state index in [0.29, 0.717) is 16.6 Å². The maximum Gasteiger partial charge on any atom is 0.181 e. The van der Waals surface area contributed by atoms with Gasteiger partial charge in [0.05, 0.1) is 34.5 Å². The highest BCUT2D eigenvalue weighted by Crippen LogP contribution is 2.29. The van der Waals surface area contributed by atoms with E-state index in [4.69, 9.17) is 11.6 Å². The molecule has 1 aromatic carbocycles. The van der Waals surface area contributed by atoms with Crippen molar-refractivity contribution in [1.82, 2.24) is 29.2 Å². The second-order valence-electron chi connectivity index (χ2n) is 5.68. The topological polar surface area (TPSA) is 125 Å². The number of rotatable bonds is 3. The molecule has 0 aliphatic rings. The number of nitrogens with zero attached hydrogens (tertiary/aromatic N) is 6. The highest BCUT2D eigenvalue weighted by molar-refractivity contribution is 7.22. The van der Waals surface area contributed by atoms with Crippen molar-refractivity contribution in [1.29, 1.82) is 0 Å².